The number of nitrogens with zero attached hydrogens (tertiary/aromatic N) is 7. The zero-order valence-electron chi connectivity index (χ0n) is 24.0. The van der Waals surface area contributed by atoms with Crippen LogP contribution < -0.4 is 11.1 Å². The van der Waals surface area contributed by atoms with Crippen molar-refractivity contribution in [1.82, 2.24) is 34.5 Å². The maximum atomic E-state index is 12.9. The first-order valence-corrected chi connectivity index (χ1v) is 15.1. The van der Waals surface area contributed by atoms with Crippen molar-refractivity contribution >= 4 is 45.1 Å². The van der Waals surface area contributed by atoms with Gasteiger partial charge in [0.15, 0.2) is 10.8 Å². The lowest BCUT2D eigenvalue weighted by molar-refractivity contribution is -0.125. The smallest absolute Gasteiger partial charge is 0.257 e. The van der Waals surface area contributed by atoms with Crippen LogP contribution in [0.15, 0.2) is 48.9 Å². The van der Waals surface area contributed by atoms with Crippen LogP contribution in [0.1, 0.15) is 60.3 Å². The number of hydrogen-bond acceptors (Lipinski definition) is 9. The summed E-state index contributed by atoms with van der Waals surface area (Å²) in [5.41, 5.74) is 8.90. The Labute approximate surface area is 248 Å². The number of likely N-dealkylation sites (tertiary alicyclic amines) is 1. The van der Waals surface area contributed by atoms with Crippen LogP contribution in [0.5, 0.6) is 0 Å². The zero-order valence-corrected chi connectivity index (χ0v) is 24.8. The number of carbonyl (C=O) groups excluding carboxylic acids is 2. The first-order valence-electron chi connectivity index (χ1n) is 14.3. The molecule has 4 heterocycles. The highest BCUT2D eigenvalue weighted by Gasteiger charge is 2.30. The maximum Gasteiger partial charge on any atom is 0.257 e. The molecule has 0 radical (unpaired) electrons. The third kappa shape index (κ3) is 5.77. The summed E-state index contributed by atoms with van der Waals surface area (Å²) >= 11 is 1.48. The number of carbonyl (C=O) groups is 2. The Morgan fingerprint density at radius 3 is 2.67 bits per heavy atom. The number of fused-ring (bicyclic) bond motifs is 1. The highest BCUT2D eigenvalue weighted by molar-refractivity contribution is 7.15. The number of nitrogens with two attached hydrogens (primary N) is 1. The molecule has 2 fully saturated rings. The van der Waals surface area contributed by atoms with Gasteiger partial charge in [-0.1, -0.05) is 32.1 Å². The standard InChI is InChI=1S/C30H35N9O2S/c1-18(2)23-15-32-30(42-23)35-29(41)20-8-6-19(7-9-20)26-25-27(31)33-17-34-28(25)39(36-26)22-12-14-38(16-22)24(40)5-4-13-37(3)21-10-11-21/h4-9,15,17-18,21-22H,10-14,16H2,1-3H3,(H2,31,33,34)(H,32,35,41)/t22-/m1/s1. The lowest BCUT2D eigenvalue weighted by atomic mass is 10.1. The molecule has 0 bridgehead atoms. The molecule has 1 atom stereocenters. The summed E-state index contributed by atoms with van der Waals surface area (Å²) in [7, 11) is 2.10. The van der Waals surface area contributed by atoms with Crippen molar-refractivity contribution in [3.63, 3.8) is 0 Å². The fraction of sp³-hybridized carbons (Fsp3) is 0.400. The van der Waals surface area contributed by atoms with Crippen LogP contribution in [0.25, 0.3) is 22.3 Å². The normalized spacial score (nSPS) is 17.3. The van der Waals surface area contributed by atoms with E-state index in [1.165, 1.54) is 30.5 Å². The first kappa shape index (κ1) is 28.0. The fourth-order valence-corrected chi connectivity index (χ4v) is 6.06. The van der Waals surface area contributed by atoms with Crippen molar-refractivity contribution in [2.24, 2.45) is 0 Å². The lowest BCUT2D eigenvalue weighted by Gasteiger charge is -2.16. The van der Waals surface area contributed by atoms with Gasteiger partial charge in [-0.2, -0.15) is 5.10 Å². The van der Waals surface area contributed by atoms with Gasteiger partial charge in [-0.3, -0.25) is 19.8 Å². The average Bonchev–Trinajstić information content (AvgIpc) is 3.35. The Hall–Kier alpha value is -4.16. The number of nitrogen functional groups attached to an aromatic ring is 1. The van der Waals surface area contributed by atoms with Crippen molar-refractivity contribution in [3.8, 4) is 11.3 Å². The molecule has 1 saturated carbocycles. The van der Waals surface area contributed by atoms with Gasteiger partial charge in [0, 0.05) is 54.0 Å². The predicted octanol–water partition coefficient (Wildman–Crippen LogP) is 4.33. The molecule has 218 valence electrons. The molecule has 0 spiro atoms. The van der Waals surface area contributed by atoms with Gasteiger partial charge in [0.25, 0.3) is 5.91 Å². The number of amides is 2. The monoisotopic (exact) mass is 585 g/mol. The van der Waals surface area contributed by atoms with Crippen LogP contribution in [0.3, 0.4) is 0 Å². The Morgan fingerprint density at radius 2 is 1.95 bits per heavy atom. The summed E-state index contributed by atoms with van der Waals surface area (Å²) in [6.45, 7) is 6.15. The van der Waals surface area contributed by atoms with E-state index < -0.39 is 0 Å². The molecular formula is C30H35N9O2S. The van der Waals surface area contributed by atoms with E-state index in [-0.39, 0.29) is 17.9 Å². The van der Waals surface area contributed by atoms with Gasteiger partial charge in [0.05, 0.1) is 11.4 Å². The number of aromatic nitrogens is 5. The molecule has 42 heavy (non-hydrogen) atoms. The van der Waals surface area contributed by atoms with Crippen molar-refractivity contribution in [1.29, 1.82) is 0 Å². The molecule has 3 aromatic heterocycles. The van der Waals surface area contributed by atoms with Crippen LogP contribution in [-0.4, -0.2) is 79.1 Å². The number of likely N-dealkylation sites (N-methyl/N-ethyl adjacent to an activating group) is 1. The molecule has 6 rings (SSSR count). The molecule has 1 saturated heterocycles. The number of anilines is 2. The third-order valence-corrected chi connectivity index (χ3v) is 9.11. The zero-order chi connectivity index (χ0) is 29.4. The van der Waals surface area contributed by atoms with Crippen LogP contribution in [0, 0.1) is 0 Å². The topological polar surface area (TPSA) is 135 Å². The molecule has 1 aliphatic carbocycles. The van der Waals surface area contributed by atoms with E-state index in [1.54, 1.807) is 24.4 Å². The highest BCUT2D eigenvalue weighted by Crippen LogP contribution is 2.34. The number of benzene rings is 1. The minimum atomic E-state index is -0.228. The third-order valence-electron chi connectivity index (χ3n) is 7.90. The molecule has 11 nitrogen and oxygen atoms in total. The molecule has 4 aromatic rings. The average molecular weight is 586 g/mol. The highest BCUT2D eigenvalue weighted by atomic mass is 32.1. The van der Waals surface area contributed by atoms with E-state index in [2.05, 4.69) is 46.1 Å². The van der Waals surface area contributed by atoms with E-state index in [1.807, 2.05) is 27.8 Å². The first-order chi connectivity index (χ1) is 20.3. The molecule has 1 aromatic carbocycles. The quantitative estimate of drug-likeness (QED) is 0.277. The maximum absolute atomic E-state index is 12.9. The van der Waals surface area contributed by atoms with Gasteiger partial charge in [-0.15, -0.1) is 11.3 Å². The largest absolute Gasteiger partial charge is 0.383 e. The summed E-state index contributed by atoms with van der Waals surface area (Å²) in [5.74, 6) is 0.474. The van der Waals surface area contributed by atoms with E-state index in [4.69, 9.17) is 10.8 Å². The second-order valence-corrected chi connectivity index (χ2v) is 12.4. The molecule has 2 aliphatic rings. The molecule has 12 heteroatoms. The summed E-state index contributed by atoms with van der Waals surface area (Å²) in [6, 6.07) is 7.84. The summed E-state index contributed by atoms with van der Waals surface area (Å²) in [6.07, 6.45) is 10.1. The molecule has 3 N–H and O–H groups in total. The Balaban J connectivity index is 1.19. The van der Waals surface area contributed by atoms with Gasteiger partial charge < -0.3 is 10.6 Å². The Kier molecular flexibility index (Phi) is 7.74. The summed E-state index contributed by atoms with van der Waals surface area (Å²) in [5, 5.41) is 9.05. The van der Waals surface area contributed by atoms with E-state index in [0.717, 1.165) is 23.4 Å². The van der Waals surface area contributed by atoms with Crippen molar-refractivity contribution in [2.45, 2.75) is 51.1 Å². The Morgan fingerprint density at radius 1 is 1.17 bits per heavy atom. The van der Waals surface area contributed by atoms with Crippen molar-refractivity contribution in [2.75, 3.05) is 37.7 Å². The van der Waals surface area contributed by atoms with Crippen molar-refractivity contribution < 1.29 is 9.59 Å². The summed E-state index contributed by atoms with van der Waals surface area (Å²) in [4.78, 5) is 44.0. The van der Waals surface area contributed by atoms with Gasteiger partial charge in [0.2, 0.25) is 5.91 Å². The fourth-order valence-electron chi connectivity index (χ4n) is 5.24. The van der Waals surface area contributed by atoms with E-state index in [9.17, 15) is 9.59 Å². The molecule has 2 amide bonds. The number of rotatable bonds is 9. The molecule has 0 unspecified atom stereocenters. The second-order valence-electron chi connectivity index (χ2n) is 11.3. The molecular weight excluding hydrogens is 550 g/mol. The number of hydrogen-bond donors (Lipinski definition) is 2. The van der Waals surface area contributed by atoms with E-state index >= 15 is 0 Å². The van der Waals surface area contributed by atoms with Gasteiger partial charge in [-0.25, -0.2) is 19.6 Å². The second kappa shape index (κ2) is 11.6. The SMILES string of the molecule is CC(C)c1cnc(NC(=O)c2ccc(-c3nn([C@@H]4CCN(C(=O)C=CCN(C)C5CC5)C4)c4ncnc(N)c34)cc2)s1. The minimum absolute atomic E-state index is 0.0135. The lowest BCUT2D eigenvalue weighted by Crippen LogP contribution is -2.28. The van der Waals surface area contributed by atoms with Gasteiger partial charge in [0.1, 0.15) is 17.8 Å². The van der Waals surface area contributed by atoms with Gasteiger partial charge in [-0.05, 0) is 44.4 Å². The van der Waals surface area contributed by atoms with Crippen molar-refractivity contribution in [3.05, 3.63) is 59.4 Å². The number of thiazole rings is 1. The predicted molar refractivity (Wildman–Crippen MR) is 164 cm³/mol. The van der Waals surface area contributed by atoms with Crippen LogP contribution in [0.2, 0.25) is 0 Å². The number of nitrogens with one attached hydrogen (secondary N) is 1. The van der Waals surface area contributed by atoms with Gasteiger partial charge >= 0.3 is 0 Å². The minimum Gasteiger partial charge on any atom is -0.383 e. The van der Waals surface area contributed by atoms with Crippen LogP contribution in [-0.2, 0) is 4.79 Å². The Bertz CT molecular complexity index is 1640. The van der Waals surface area contributed by atoms with Crippen LogP contribution >= 0.6 is 11.3 Å². The van der Waals surface area contributed by atoms with E-state index in [0.29, 0.717) is 58.3 Å². The van der Waals surface area contributed by atoms with Crippen LogP contribution in [0.4, 0.5) is 10.9 Å². The molecule has 1 aliphatic heterocycles. The summed E-state index contributed by atoms with van der Waals surface area (Å²) < 4.78 is 1.87.